The lowest BCUT2D eigenvalue weighted by atomic mass is 10.2. The molecular weight excluding hydrogens is 270 g/mol. The average molecular weight is 289 g/mol. The molecule has 5 N–H and O–H groups in total. The molecule has 2 amide bonds. The van der Waals surface area contributed by atoms with Gasteiger partial charge in [0.25, 0.3) is 0 Å². The summed E-state index contributed by atoms with van der Waals surface area (Å²) in [6.45, 7) is 1.03. The van der Waals surface area contributed by atoms with Crippen molar-refractivity contribution in [3.8, 4) is 0 Å². The Morgan fingerprint density at radius 2 is 2.00 bits per heavy atom. The number of hydrogen-bond donors (Lipinski definition) is 4. The molecule has 0 spiro atoms. The van der Waals surface area contributed by atoms with Crippen LogP contribution in [0.2, 0.25) is 0 Å². The SMILES string of the molecule is CN(C)C(=O)NCCNc1nc(NN)nc2ccccc12. The van der Waals surface area contributed by atoms with Crippen LogP contribution < -0.4 is 21.9 Å². The number of hydrazine groups is 1. The number of nitrogens with two attached hydrogens (primary N) is 1. The zero-order chi connectivity index (χ0) is 15.2. The van der Waals surface area contributed by atoms with Crippen LogP contribution in [0.3, 0.4) is 0 Å². The minimum absolute atomic E-state index is 0.131. The highest BCUT2D eigenvalue weighted by atomic mass is 16.2. The van der Waals surface area contributed by atoms with Crippen molar-refractivity contribution in [3.63, 3.8) is 0 Å². The van der Waals surface area contributed by atoms with Gasteiger partial charge in [-0.25, -0.2) is 15.6 Å². The van der Waals surface area contributed by atoms with Gasteiger partial charge < -0.3 is 15.5 Å². The first-order valence-electron chi connectivity index (χ1n) is 6.54. The van der Waals surface area contributed by atoms with E-state index in [0.29, 0.717) is 24.9 Å². The molecule has 21 heavy (non-hydrogen) atoms. The van der Waals surface area contributed by atoms with E-state index >= 15 is 0 Å². The van der Waals surface area contributed by atoms with Gasteiger partial charge in [-0.2, -0.15) is 4.98 Å². The Labute approximate surface area is 122 Å². The predicted molar refractivity (Wildman–Crippen MR) is 82.9 cm³/mol. The first-order valence-corrected chi connectivity index (χ1v) is 6.54. The van der Waals surface area contributed by atoms with Gasteiger partial charge in [-0.1, -0.05) is 12.1 Å². The maximum atomic E-state index is 11.4. The quantitative estimate of drug-likeness (QED) is 0.365. The third-order valence-corrected chi connectivity index (χ3v) is 2.83. The monoisotopic (exact) mass is 289 g/mol. The fourth-order valence-corrected chi connectivity index (χ4v) is 1.78. The van der Waals surface area contributed by atoms with Crippen molar-refractivity contribution in [1.82, 2.24) is 20.2 Å². The van der Waals surface area contributed by atoms with Gasteiger partial charge in [0.2, 0.25) is 5.95 Å². The number of nitrogens with zero attached hydrogens (tertiary/aromatic N) is 3. The first-order chi connectivity index (χ1) is 10.1. The molecule has 8 heteroatoms. The van der Waals surface area contributed by atoms with Crippen molar-refractivity contribution in [3.05, 3.63) is 24.3 Å². The molecule has 1 heterocycles. The predicted octanol–water partition coefficient (Wildman–Crippen LogP) is 0.599. The van der Waals surface area contributed by atoms with Crippen LogP contribution in [0.5, 0.6) is 0 Å². The van der Waals surface area contributed by atoms with Gasteiger partial charge in [0.05, 0.1) is 5.52 Å². The maximum absolute atomic E-state index is 11.4. The number of nitrogen functional groups attached to an aromatic ring is 1. The summed E-state index contributed by atoms with van der Waals surface area (Å²) in [5.41, 5.74) is 3.24. The second kappa shape index (κ2) is 6.71. The van der Waals surface area contributed by atoms with Gasteiger partial charge in [0.1, 0.15) is 5.82 Å². The van der Waals surface area contributed by atoms with Crippen LogP contribution in [0.25, 0.3) is 10.9 Å². The van der Waals surface area contributed by atoms with Crippen LogP contribution in [-0.2, 0) is 0 Å². The molecule has 0 radical (unpaired) electrons. The van der Waals surface area contributed by atoms with E-state index in [2.05, 4.69) is 26.0 Å². The number of para-hydroxylation sites is 1. The molecule has 0 saturated heterocycles. The van der Waals surface area contributed by atoms with Crippen LogP contribution in [0, 0.1) is 0 Å². The van der Waals surface area contributed by atoms with E-state index in [1.807, 2.05) is 24.3 Å². The van der Waals surface area contributed by atoms with Crippen LogP contribution in [0.1, 0.15) is 0 Å². The number of hydrogen-bond acceptors (Lipinski definition) is 6. The molecule has 0 bridgehead atoms. The highest BCUT2D eigenvalue weighted by Gasteiger charge is 2.06. The second-order valence-electron chi connectivity index (χ2n) is 4.61. The zero-order valence-electron chi connectivity index (χ0n) is 12.1. The molecular formula is C13H19N7O. The van der Waals surface area contributed by atoms with Crippen LogP contribution in [-0.4, -0.2) is 48.1 Å². The van der Waals surface area contributed by atoms with Crippen molar-refractivity contribution in [2.75, 3.05) is 37.9 Å². The number of amides is 2. The maximum Gasteiger partial charge on any atom is 0.316 e. The average Bonchev–Trinajstić information content (AvgIpc) is 2.50. The van der Waals surface area contributed by atoms with Crippen molar-refractivity contribution >= 4 is 28.7 Å². The van der Waals surface area contributed by atoms with E-state index in [-0.39, 0.29) is 6.03 Å². The lowest BCUT2D eigenvalue weighted by Crippen LogP contribution is -2.37. The summed E-state index contributed by atoms with van der Waals surface area (Å²) >= 11 is 0. The molecule has 0 aliphatic rings. The smallest absolute Gasteiger partial charge is 0.316 e. The van der Waals surface area contributed by atoms with Gasteiger partial charge >= 0.3 is 6.03 Å². The van der Waals surface area contributed by atoms with Crippen LogP contribution >= 0.6 is 0 Å². The molecule has 2 aromatic rings. The number of benzene rings is 1. The molecule has 0 aliphatic carbocycles. The van der Waals surface area contributed by atoms with Gasteiger partial charge in [0, 0.05) is 32.6 Å². The molecule has 0 saturated carbocycles. The molecule has 0 unspecified atom stereocenters. The third kappa shape index (κ3) is 3.69. The summed E-state index contributed by atoms with van der Waals surface area (Å²) in [6, 6.07) is 7.50. The normalized spacial score (nSPS) is 10.2. The summed E-state index contributed by atoms with van der Waals surface area (Å²) in [4.78, 5) is 21.4. The second-order valence-corrected chi connectivity index (χ2v) is 4.61. The number of carbonyl (C=O) groups excluding carboxylic acids is 1. The summed E-state index contributed by atoms with van der Waals surface area (Å²) < 4.78 is 0. The summed E-state index contributed by atoms with van der Waals surface area (Å²) in [5, 5.41) is 6.85. The van der Waals surface area contributed by atoms with Crippen molar-refractivity contribution < 1.29 is 4.79 Å². The fourth-order valence-electron chi connectivity index (χ4n) is 1.78. The number of nitrogens with one attached hydrogen (secondary N) is 3. The molecule has 2 rings (SSSR count). The lowest BCUT2D eigenvalue weighted by molar-refractivity contribution is 0.218. The minimum Gasteiger partial charge on any atom is -0.368 e. The number of anilines is 2. The van der Waals surface area contributed by atoms with Gasteiger partial charge in [-0.05, 0) is 12.1 Å². The molecule has 1 aromatic carbocycles. The van der Waals surface area contributed by atoms with Gasteiger partial charge in [-0.3, -0.25) is 5.43 Å². The van der Waals surface area contributed by atoms with E-state index in [4.69, 9.17) is 5.84 Å². The van der Waals surface area contributed by atoms with Crippen molar-refractivity contribution in [2.24, 2.45) is 5.84 Å². The third-order valence-electron chi connectivity index (χ3n) is 2.83. The molecule has 0 atom stereocenters. The lowest BCUT2D eigenvalue weighted by Gasteiger charge is -2.13. The van der Waals surface area contributed by atoms with Crippen LogP contribution in [0.15, 0.2) is 24.3 Å². The Balaban J connectivity index is 2.05. The molecule has 0 aliphatic heterocycles. The van der Waals surface area contributed by atoms with E-state index < -0.39 is 0 Å². The highest BCUT2D eigenvalue weighted by Crippen LogP contribution is 2.20. The Kier molecular flexibility index (Phi) is 4.72. The minimum atomic E-state index is -0.131. The van der Waals surface area contributed by atoms with E-state index in [1.165, 1.54) is 4.90 Å². The topological polar surface area (TPSA) is 108 Å². The standard InChI is InChI=1S/C13H19N7O/c1-20(2)13(21)16-8-7-15-11-9-5-3-4-6-10(9)17-12(18-11)19-14/h3-6H,7-8,14H2,1-2H3,(H,16,21)(H2,15,17,18,19). The number of carbonyl (C=O) groups is 1. The molecule has 1 aromatic heterocycles. The fraction of sp³-hybridized carbons (Fsp3) is 0.308. The Morgan fingerprint density at radius 1 is 1.24 bits per heavy atom. The zero-order valence-corrected chi connectivity index (χ0v) is 12.1. The van der Waals surface area contributed by atoms with Crippen molar-refractivity contribution in [1.29, 1.82) is 0 Å². The van der Waals surface area contributed by atoms with Gasteiger partial charge in [-0.15, -0.1) is 0 Å². The molecule has 112 valence electrons. The largest absolute Gasteiger partial charge is 0.368 e. The summed E-state index contributed by atoms with van der Waals surface area (Å²) in [6.07, 6.45) is 0. The van der Waals surface area contributed by atoms with E-state index in [1.54, 1.807) is 14.1 Å². The number of urea groups is 1. The highest BCUT2D eigenvalue weighted by molar-refractivity contribution is 5.90. The Morgan fingerprint density at radius 3 is 2.71 bits per heavy atom. The van der Waals surface area contributed by atoms with Gasteiger partial charge in [0.15, 0.2) is 0 Å². The first kappa shape index (κ1) is 14.8. The molecule has 0 fully saturated rings. The number of fused-ring (bicyclic) bond motifs is 1. The Hall–Kier alpha value is -2.61. The summed E-state index contributed by atoms with van der Waals surface area (Å²) in [5.74, 6) is 6.39. The number of aromatic nitrogens is 2. The van der Waals surface area contributed by atoms with Crippen molar-refractivity contribution in [2.45, 2.75) is 0 Å². The van der Waals surface area contributed by atoms with E-state index in [9.17, 15) is 4.79 Å². The Bertz CT molecular complexity index is 629. The summed E-state index contributed by atoms with van der Waals surface area (Å²) in [7, 11) is 3.39. The number of rotatable bonds is 5. The van der Waals surface area contributed by atoms with Crippen LogP contribution in [0.4, 0.5) is 16.6 Å². The van der Waals surface area contributed by atoms with E-state index in [0.717, 1.165) is 10.9 Å². The molecule has 8 nitrogen and oxygen atoms in total.